The predicted molar refractivity (Wildman–Crippen MR) is 69.0 cm³/mol. The van der Waals surface area contributed by atoms with Crippen LogP contribution in [0.4, 0.5) is 0 Å². The van der Waals surface area contributed by atoms with Crippen molar-refractivity contribution in [3.8, 4) is 0 Å². The molecule has 1 aliphatic rings. The number of likely N-dealkylation sites (tertiary alicyclic amines) is 1. The number of halogens is 1. The van der Waals surface area contributed by atoms with Crippen molar-refractivity contribution in [2.75, 3.05) is 26.7 Å². The van der Waals surface area contributed by atoms with Crippen molar-refractivity contribution in [1.82, 2.24) is 20.2 Å². The van der Waals surface area contributed by atoms with E-state index in [-0.39, 0.29) is 0 Å². The zero-order valence-corrected chi connectivity index (χ0v) is 11.0. The van der Waals surface area contributed by atoms with Crippen molar-refractivity contribution >= 4 is 11.6 Å². The largest absolute Gasteiger partial charge is 0.319 e. The molecular formula is C12H19ClN4. The lowest BCUT2D eigenvalue weighted by Crippen LogP contribution is -2.36. The second-order valence-electron chi connectivity index (χ2n) is 4.61. The van der Waals surface area contributed by atoms with Gasteiger partial charge in [-0.25, -0.2) is 4.98 Å². The first-order chi connectivity index (χ1) is 8.28. The molecule has 1 N–H and O–H groups in total. The minimum absolute atomic E-state index is 0.460. The Kier molecular flexibility index (Phi) is 4.71. The third-order valence-electron chi connectivity index (χ3n) is 3.26. The number of hydrogen-bond donors (Lipinski definition) is 1. The third kappa shape index (κ3) is 3.91. The molecule has 0 spiro atoms. The molecule has 1 fully saturated rings. The molecule has 1 aliphatic heterocycles. The lowest BCUT2D eigenvalue weighted by Gasteiger charge is -2.31. The molecule has 0 saturated carbocycles. The fourth-order valence-corrected chi connectivity index (χ4v) is 2.38. The van der Waals surface area contributed by atoms with Gasteiger partial charge in [0.1, 0.15) is 5.15 Å². The summed E-state index contributed by atoms with van der Waals surface area (Å²) in [7, 11) is 2.02. The van der Waals surface area contributed by atoms with Crippen LogP contribution in [0.3, 0.4) is 0 Å². The molecule has 1 aromatic rings. The Morgan fingerprint density at radius 2 is 2.12 bits per heavy atom. The van der Waals surface area contributed by atoms with E-state index in [9.17, 15) is 0 Å². The van der Waals surface area contributed by atoms with Crippen LogP contribution in [0.2, 0.25) is 5.15 Å². The van der Waals surface area contributed by atoms with E-state index in [1.807, 2.05) is 7.05 Å². The first-order valence-corrected chi connectivity index (χ1v) is 6.49. The third-order valence-corrected chi connectivity index (χ3v) is 3.45. The number of nitrogens with zero attached hydrogens (tertiary/aromatic N) is 3. The van der Waals surface area contributed by atoms with Crippen molar-refractivity contribution in [2.24, 2.45) is 5.92 Å². The number of piperidine rings is 1. The number of hydrogen-bond acceptors (Lipinski definition) is 4. The van der Waals surface area contributed by atoms with Crippen molar-refractivity contribution in [2.45, 2.75) is 19.4 Å². The van der Waals surface area contributed by atoms with E-state index in [4.69, 9.17) is 11.6 Å². The summed E-state index contributed by atoms with van der Waals surface area (Å²) in [5.41, 5.74) is 1.00. The van der Waals surface area contributed by atoms with Gasteiger partial charge in [-0.3, -0.25) is 9.88 Å². The molecule has 0 bridgehead atoms. The van der Waals surface area contributed by atoms with Gasteiger partial charge in [-0.05, 0) is 45.4 Å². The Bertz CT molecular complexity index is 333. The molecule has 17 heavy (non-hydrogen) atoms. The van der Waals surface area contributed by atoms with E-state index >= 15 is 0 Å². The van der Waals surface area contributed by atoms with Crippen molar-refractivity contribution in [3.05, 3.63) is 23.2 Å². The van der Waals surface area contributed by atoms with Crippen LogP contribution in [0.25, 0.3) is 0 Å². The topological polar surface area (TPSA) is 41.0 Å². The van der Waals surface area contributed by atoms with E-state index in [0.29, 0.717) is 5.15 Å². The average molecular weight is 255 g/mol. The van der Waals surface area contributed by atoms with Gasteiger partial charge in [0.05, 0.1) is 18.1 Å². The van der Waals surface area contributed by atoms with Crippen molar-refractivity contribution in [3.63, 3.8) is 0 Å². The van der Waals surface area contributed by atoms with Crippen LogP contribution in [0, 0.1) is 5.92 Å². The summed E-state index contributed by atoms with van der Waals surface area (Å²) in [5, 5.41) is 3.71. The molecule has 1 aromatic heterocycles. The Balaban J connectivity index is 1.79. The van der Waals surface area contributed by atoms with Gasteiger partial charge in [0.25, 0.3) is 0 Å². The molecule has 4 nitrogen and oxygen atoms in total. The second kappa shape index (κ2) is 6.28. The molecule has 94 valence electrons. The van der Waals surface area contributed by atoms with Gasteiger partial charge in [0, 0.05) is 6.54 Å². The summed E-state index contributed by atoms with van der Waals surface area (Å²) in [5.74, 6) is 0.826. The lowest BCUT2D eigenvalue weighted by atomic mass is 9.97. The Morgan fingerprint density at radius 3 is 2.71 bits per heavy atom. The fourth-order valence-electron chi connectivity index (χ4n) is 2.29. The molecule has 0 aliphatic carbocycles. The highest BCUT2D eigenvalue weighted by Gasteiger charge is 2.18. The average Bonchev–Trinajstić information content (AvgIpc) is 2.35. The van der Waals surface area contributed by atoms with E-state index in [1.165, 1.54) is 12.8 Å². The summed E-state index contributed by atoms with van der Waals surface area (Å²) < 4.78 is 0. The standard InChI is InChI=1S/C12H19ClN4/c1-14-6-10-2-4-17(5-3-10)9-11-7-16-12(13)8-15-11/h7-8,10,14H,2-6,9H2,1H3. The van der Waals surface area contributed by atoms with Crippen LogP contribution in [0.5, 0.6) is 0 Å². The zero-order valence-electron chi connectivity index (χ0n) is 10.2. The van der Waals surface area contributed by atoms with Gasteiger partial charge in [0.2, 0.25) is 0 Å². The van der Waals surface area contributed by atoms with Crippen LogP contribution in [-0.2, 0) is 6.54 Å². The second-order valence-corrected chi connectivity index (χ2v) is 4.99. The highest BCUT2D eigenvalue weighted by atomic mass is 35.5. The maximum Gasteiger partial charge on any atom is 0.147 e. The Morgan fingerprint density at radius 1 is 1.35 bits per heavy atom. The quantitative estimate of drug-likeness (QED) is 0.886. The van der Waals surface area contributed by atoms with Crippen molar-refractivity contribution < 1.29 is 0 Å². The summed E-state index contributed by atoms with van der Waals surface area (Å²) in [4.78, 5) is 10.8. The summed E-state index contributed by atoms with van der Waals surface area (Å²) in [6, 6.07) is 0. The van der Waals surface area contributed by atoms with E-state index in [2.05, 4.69) is 20.2 Å². The van der Waals surface area contributed by atoms with Gasteiger partial charge in [-0.1, -0.05) is 11.6 Å². The van der Waals surface area contributed by atoms with Crippen LogP contribution in [0.15, 0.2) is 12.4 Å². The van der Waals surface area contributed by atoms with E-state index in [1.54, 1.807) is 12.4 Å². The highest BCUT2D eigenvalue weighted by molar-refractivity contribution is 6.29. The molecule has 0 aromatic carbocycles. The van der Waals surface area contributed by atoms with Gasteiger partial charge < -0.3 is 5.32 Å². The fraction of sp³-hybridized carbons (Fsp3) is 0.667. The minimum Gasteiger partial charge on any atom is -0.319 e. The first kappa shape index (κ1) is 12.7. The molecule has 1 saturated heterocycles. The minimum atomic E-state index is 0.460. The maximum atomic E-state index is 5.71. The molecule has 0 amide bonds. The van der Waals surface area contributed by atoms with Gasteiger partial charge in [0.15, 0.2) is 0 Å². The molecular weight excluding hydrogens is 236 g/mol. The monoisotopic (exact) mass is 254 g/mol. The normalized spacial score (nSPS) is 18.5. The first-order valence-electron chi connectivity index (χ1n) is 6.11. The predicted octanol–water partition coefficient (Wildman–Crippen LogP) is 1.56. The maximum absolute atomic E-state index is 5.71. The van der Waals surface area contributed by atoms with E-state index < -0.39 is 0 Å². The molecule has 0 atom stereocenters. The molecule has 0 unspecified atom stereocenters. The Hall–Kier alpha value is -0.710. The van der Waals surface area contributed by atoms with Crippen molar-refractivity contribution in [1.29, 1.82) is 0 Å². The number of rotatable bonds is 4. The molecule has 2 heterocycles. The van der Waals surface area contributed by atoms with E-state index in [0.717, 1.165) is 37.8 Å². The van der Waals surface area contributed by atoms with Crippen LogP contribution in [-0.4, -0.2) is 41.5 Å². The van der Waals surface area contributed by atoms with Gasteiger partial charge >= 0.3 is 0 Å². The van der Waals surface area contributed by atoms with Gasteiger partial charge in [-0.15, -0.1) is 0 Å². The summed E-state index contributed by atoms with van der Waals surface area (Å²) >= 11 is 5.71. The summed E-state index contributed by atoms with van der Waals surface area (Å²) in [6.45, 7) is 4.32. The molecule has 0 radical (unpaired) electrons. The number of aromatic nitrogens is 2. The smallest absolute Gasteiger partial charge is 0.147 e. The molecule has 5 heteroatoms. The number of nitrogens with one attached hydrogen (secondary N) is 1. The molecule has 2 rings (SSSR count). The summed E-state index contributed by atoms with van der Waals surface area (Å²) in [6.07, 6.45) is 5.91. The van der Waals surface area contributed by atoms with Crippen LogP contribution < -0.4 is 5.32 Å². The SMILES string of the molecule is CNCC1CCN(Cc2cnc(Cl)cn2)CC1. The van der Waals surface area contributed by atoms with Crippen LogP contribution in [0.1, 0.15) is 18.5 Å². The van der Waals surface area contributed by atoms with Gasteiger partial charge in [-0.2, -0.15) is 0 Å². The highest BCUT2D eigenvalue weighted by Crippen LogP contribution is 2.17. The Labute approximate surface area is 107 Å². The zero-order chi connectivity index (χ0) is 12.1. The van der Waals surface area contributed by atoms with Crippen LogP contribution >= 0.6 is 11.6 Å². The lowest BCUT2D eigenvalue weighted by molar-refractivity contribution is 0.175.